The fourth-order valence-electron chi connectivity index (χ4n) is 3.29. The first-order valence-corrected chi connectivity index (χ1v) is 9.29. The molecule has 26 heavy (non-hydrogen) atoms. The van der Waals surface area contributed by atoms with E-state index in [1.54, 1.807) is 0 Å². The normalized spacial score (nSPS) is 15.3. The molecule has 1 N–H and O–H groups in total. The van der Waals surface area contributed by atoms with Crippen molar-refractivity contribution in [3.8, 4) is 0 Å². The maximum Gasteiger partial charge on any atom is 0.303 e. The van der Waals surface area contributed by atoms with Crippen LogP contribution < -0.4 is 0 Å². The second-order valence-electron chi connectivity index (χ2n) is 6.90. The van der Waals surface area contributed by atoms with Crippen molar-refractivity contribution in [2.75, 3.05) is 19.6 Å². The number of nitrogens with zero attached hydrogens (tertiary/aromatic N) is 2. The second-order valence-corrected chi connectivity index (χ2v) is 6.90. The topological polar surface area (TPSA) is 53.4 Å². The molecular weight excluding hydrogens is 324 g/mol. The van der Waals surface area contributed by atoms with E-state index >= 15 is 0 Å². The minimum atomic E-state index is -0.791. The highest BCUT2D eigenvalue weighted by molar-refractivity contribution is 5.78. The molecule has 2 heterocycles. The summed E-state index contributed by atoms with van der Waals surface area (Å²) < 4.78 is 0. The molecule has 0 saturated carbocycles. The van der Waals surface area contributed by atoms with Gasteiger partial charge in [0.25, 0.3) is 0 Å². The van der Waals surface area contributed by atoms with Crippen LogP contribution in [0, 0.1) is 6.92 Å². The number of aryl methyl sites for hydroxylation is 2. The molecule has 0 amide bonds. The highest BCUT2D eigenvalue weighted by atomic mass is 16.4. The summed E-state index contributed by atoms with van der Waals surface area (Å²) in [6.45, 7) is 5.32. The van der Waals surface area contributed by atoms with Gasteiger partial charge >= 0.3 is 5.97 Å². The van der Waals surface area contributed by atoms with Crippen LogP contribution in [0.2, 0.25) is 0 Å². The van der Waals surface area contributed by atoms with E-state index in [1.165, 1.54) is 18.4 Å². The van der Waals surface area contributed by atoms with Crippen LogP contribution in [0.1, 0.15) is 41.8 Å². The van der Waals surface area contributed by atoms with Crippen LogP contribution in [0.4, 0.5) is 0 Å². The Morgan fingerprint density at radius 2 is 1.88 bits per heavy atom. The number of carboxylic acids is 1. The molecule has 0 unspecified atom stereocenters. The molecule has 1 aromatic heterocycles. The fourth-order valence-corrected chi connectivity index (χ4v) is 3.29. The van der Waals surface area contributed by atoms with E-state index in [9.17, 15) is 4.79 Å². The molecule has 2 aromatic rings. The number of pyridine rings is 1. The summed E-state index contributed by atoms with van der Waals surface area (Å²) in [4.78, 5) is 18.0. The Morgan fingerprint density at radius 3 is 2.58 bits per heavy atom. The van der Waals surface area contributed by atoms with Gasteiger partial charge in [-0.3, -0.25) is 14.7 Å². The molecule has 1 saturated heterocycles. The van der Waals surface area contributed by atoms with Gasteiger partial charge in [0.1, 0.15) is 0 Å². The lowest BCUT2D eigenvalue weighted by Gasteiger charge is -2.14. The van der Waals surface area contributed by atoms with Gasteiger partial charge in [-0.05, 0) is 50.6 Å². The molecule has 1 fully saturated rings. The van der Waals surface area contributed by atoms with Crippen molar-refractivity contribution in [2.45, 2.75) is 32.6 Å². The maximum atomic E-state index is 10.8. The third-order valence-electron chi connectivity index (χ3n) is 4.79. The molecule has 0 spiro atoms. The Morgan fingerprint density at radius 1 is 1.15 bits per heavy atom. The van der Waals surface area contributed by atoms with Gasteiger partial charge in [-0.15, -0.1) is 0 Å². The van der Waals surface area contributed by atoms with Gasteiger partial charge in [0.2, 0.25) is 0 Å². The summed E-state index contributed by atoms with van der Waals surface area (Å²) in [5, 5.41) is 8.92. The van der Waals surface area contributed by atoms with Crippen molar-refractivity contribution in [1.82, 2.24) is 9.88 Å². The van der Waals surface area contributed by atoms with Crippen LogP contribution in [0.3, 0.4) is 0 Å². The summed E-state index contributed by atoms with van der Waals surface area (Å²) in [5.74, 6) is -0.791. The number of likely N-dealkylation sites (tertiary alicyclic amines) is 1. The third-order valence-corrected chi connectivity index (χ3v) is 4.79. The summed E-state index contributed by atoms with van der Waals surface area (Å²) in [5.41, 5.74) is 5.24. The first-order valence-electron chi connectivity index (χ1n) is 9.29. The van der Waals surface area contributed by atoms with E-state index < -0.39 is 5.97 Å². The zero-order valence-corrected chi connectivity index (χ0v) is 15.3. The van der Waals surface area contributed by atoms with Gasteiger partial charge in [0.15, 0.2) is 0 Å². The van der Waals surface area contributed by atoms with E-state index in [0.717, 1.165) is 42.2 Å². The first-order chi connectivity index (χ1) is 12.6. The Balaban J connectivity index is 1.89. The van der Waals surface area contributed by atoms with E-state index in [-0.39, 0.29) is 6.42 Å². The van der Waals surface area contributed by atoms with E-state index in [4.69, 9.17) is 10.1 Å². The lowest BCUT2D eigenvalue weighted by molar-refractivity contribution is -0.136. The van der Waals surface area contributed by atoms with Crippen molar-refractivity contribution in [2.24, 2.45) is 0 Å². The van der Waals surface area contributed by atoms with Gasteiger partial charge in [-0.1, -0.05) is 42.0 Å². The zero-order valence-electron chi connectivity index (χ0n) is 15.3. The minimum absolute atomic E-state index is 0.105. The standard InChI is InChI=1S/C22H26N2O2/c1-17-7-9-18(10-8-17)20(13-16-24-14-2-3-15-24)21-6-4-5-19(23-21)11-12-22(25)26/h4-10,13H,2-3,11-12,14-16H2,1H3,(H,25,26)/b20-13-. The summed E-state index contributed by atoms with van der Waals surface area (Å²) in [6.07, 6.45) is 5.37. The SMILES string of the molecule is Cc1ccc(/C(=C/CN2CCCC2)c2cccc(CCC(=O)O)n2)cc1. The van der Waals surface area contributed by atoms with Crippen LogP contribution in [-0.2, 0) is 11.2 Å². The maximum absolute atomic E-state index is 10.8. The van der Waals surface area contributed by atoms with Crippen molar-refractivity contribution in [3.05, 3.63) is 71.1 Å². The quantitative estimate of drug-likeness (QED) is 0.822. The van der Waals surface area contributed by atoms with Gasteiger partial charge < -0.3 is 5.11 Å². The van der Waals surface area contributed by atoms with Crippen molar-refractivity contribution in [1.29, 1.82) is 0 Å². The molecule has 4 nitrogen and oxygen atoms in total. The van der Waals surface area contributed by atoms with Gasteiger partial charge in [0.05, 0.1) is 12.1 Å². The van der Waals surface area contributed by atoms with Crippen molar-refractivity contribution in [3.63, 3.8) is 0 Å². The number of carboxylic acid groups (broad SMARTS) is 1. The molecule has 0 aliphatic carbocycles. The molecule has 136 valence electrons. The molecule has 3 rings (SSSR count). The van der Waals surface area contributed by atoms with Gasteiger partial charge in [0, 0.05) is 24.2 Å². The average Bonchev–Trinajstić information content (AvgIpc) is 3.15. The van der Waals surface area contributed by atoms with Crippen molar-refractivity contribution >= 4 is 11.5 Å². The Labute approximate surface area is 155 Å². The highest BCUT2D eigenvalue weighted by Gasteiger charge is 2.12. The summed E-state index contributed by atoms with van der Waals surface area (Å²) >= 11 is 0. The Bertz CT molecular complexity index is 775. The van der Waals surface area contributed by atoms with Gasteiger partial charge in [-0.2, -0.15) is 0 Å². The van der Waals surface area contributed by atoms with Gasteiger partial charge in [-0.25, -0.2) is 0 Å². The summed E-state index contributed by atoms with van der Waals surface area (Å²) in [7, 11) is 0. The molecule has 0 radical (unpaired) electrons. The molecule has 1 aliphatic rings. The third kappa shape index (κ3) is 5.02. The van der Waals surface area contributed by atoms with Crippen LogP contribution in [0.15, 0.2) is 48.5 Å². The molecule has 1 aliphatic heterocycles. The molecular formula is C22H26N2O2. The van der Waals surface area contributed by atoms with Crippen LogP contribution in [0.25, 0.3) is 5.57 Å². The van der Waals surface area contributed by atoms with Crippen molar-refractivity contribution < 1.29 is 9.90 Å². The lowest BCUT2D eigenvalue weighted by atomic mass is 10.00. The highest BCUT2D eigenvalue weighted by Crippen LogP contribution is 2.23. The predicted molar refractivity (Wildman–Crippen MR) is 104 cm³/mol. The average molecular weight is 350 g/mol. The molecule has 4 heteroatoms. The monoisotopic (exact) mass is 350 g/mol. The molecule has 0 bridgehead atoms. The van der Waals surface area contributed by atoms with Crippen LogP contribution in [0.5, 0.6) is 0 Å². The minimum Gasteiger partial charge on any atom is -0.481 e. The van der Waals surface area contributed by atoms with E-state index in [2.05, 4.69) is 42.2 Å². The smallest absolute Gasteiger partial charge is 0.303 e. The first kappa shape index (κ1) is 18.3. The number of hydrogen-bond acceptors (Lipinski definition) is 3. The number of aromatic nitrogens is 1. The largest absolute Gasteiger partial charge is 0.481 e. The number of carbonyl (C=O) groups is 1. The Kier molecular flexibility index (Phi) is 6.18. The molecule has 0 atom stereocenters. The number of aliphatic carboxylic acids is 1. The number of rotatable bonds is 7. The molecule has 1 aromatic carbocycles. The van der Waals surface area contributed by atoms with E-state index in [0.29, 0.717) is 6.42 Å². The zero-order chi connectivity index (χ0) is 18.4. The Hall–Kier alpha value is -2.46. The second kappa shape index (κ2) is 8.77. The van der Waals surface area contributed by atoms with Crippen LogP contribution in [-0.4, -0.2) is 40.6 Å². The predicted octanol–water partition coefficient (Wildman–Crippen LogP) is 3.93. The van der Waals surface area contributed by atoms with E-state index in [1.807, 2.05) is 18.2 Å². The number of hydrogen-bond donors (Lipinski definition) is 1. The number of benzene rings is 1. The van der Waals surface area contributed by atoms with Crippen LogP contribution >= 0.6 is 0 Å². The lowest BCUT2D eigenvalue weighted by Crippen LogP contribution is -2.19. The summed E-state index contributed by atoms with van der Waals surface area (Å²) in [6, 6.07) is 14.4. The fraction of sp³-hybridized carbons (Fsp3) is 0.364.